The second-order valence-corrected chi connectivity index (χ2v) is 8.97. The van der Waals surface area contributed by atoms with E-state index in [1.54, 1.807) is 18.2 Å². The lowest BCUT2D eigenvalue weighted by Gasteiger charge is -2.30. The summed E-state index contributed by atoms with van der Waals surface area (Å²) < 4.78 is 26.4. The van der Waals surface area contributed by atoms with Crippen LogP contribution in [-0.4, -0.2) is 52.5 Å². The van der Waals surface area contributed by atoms with Crippen LogP contribution < -0.4 is 15.4 Å². The Balaban J connectivity index is 0.00000512. The Labute approximate surface area is 210 Å². The van der Waals surface area contributed by atoms with E-state index in [-0.39, 0.29) is 34.9 Å². The molecular weight excluding hydrogens is 537 g/mol. The molecule has 1 unspecified atom stereocenters. The first-order valence-electron chi connectivity index (χ1n) is 10.8. The molecular formula is C23H36IN5O2S. The third-order valence-corrected chi connectivity index (χ3v) is 6.55. The molecule has 7 nitrogen and oxygen atoms in total. The molecule has 178 valence electrons. The van der Waals surface area contributed by atoms with Gasteiger partial charge in [-0.15, -0.1) is 24.0 Å². The fourth-order valence-electron chi connectivity index (χ4n) is 3.43. The Morgan fingerprint density at radius 3 is 2.28 bits per heavy atom. The highest BCUT2D eigenvalue weighted by atomic mass is 127. The quantitative estimate of drug-likeness (QED) is 0.218. The van der Waals surface area contributed by atoms with Gasteiger partial charge in [0.2, 0.25) is 10.0 Å². The van der Waals surface area contributed by atoms with E-state index in [2.05, 4.69) is 63.4 Å². The third kappa shape index (κ3) is 8.34. The van der Waals surface area contributed by atoms with E-state index in [0.29, 0.717) is 19.0 Å². The number of hydrogen-bond acceptors (Lipinski definition) is 4. The maximum atomic E-state index is 12.1. The van der Waals surface area contributed by atoms with Crippen molar-refractivity contribution in [2.24, 2.45) is 4.99 Å². The second kappa shape index (κ2) is 14.5. The molecule has 0 aliphatic rings. The van der Waals surface area contributed by atoms with E-state index in [1.807, 2.05) is 19.1 Å². The SMILES string of the molecule is CCNC(=NCc1cccc(S(=O)(=O)NC)c1)NCC(c1ccccc1)N(CC)CC.I. The van der Waals surface area contributed by atoms with Crippen molar-refractivity contribution in [3.05, 3.63) is 65.7 Å². The number of nitrogens with zero attached hydrogens (tertiary/aromatic N) is 2. The number of hydrogen-bond donors (Lipinski definition) is 3. The third-order valence-electron chi connectivity index (χ3n) is 5.14. The van der Waals surface area contributed by atoms with Gasteiger partial charge in [-0.25, -0.2) is 18.1 Å². The summed E-state index contributed by atoms with van der Waals surface area (Å²) in [6.07, 6.45) is 0. The van der Waals surface area contributed by atoms with Crippen molar-refractivity contribution in [1.82, 2.24) is 20.3 Å². The van der Waals surface area contributed by atoms with E-state index < -0.39 is 10.0 Å². The fourth-order valence-corrected chi connectivity index (χ4v) is 4.23. The molecule has 0 bridgehead atoms. The van der Waals surface area contributed by atoms with E-state index in [4.69, 9.17) is 0 Å². The fraction of sp³-hybridized carbons (Fsp3) is 0.435. The summed E-state index contributed by atoms with van der Waals surface area (Å²) in [4.78, 5) is 7.33. The molecule has 0 saturated carbocycles. The van der Waals surface area contributed by atoms with Crippen LogP contribution in [0.4, 0.5) is 0 Å². The number of guanidine groups is 1. The summed E-state index contributed by atoms with van der Waals surface area (Å²) in [6, 6.07) is 17.6. The average molecular weight is 574 g/mol. The van der Waals surface area contributed by atoms with Gasteiger partial charge in [-0.1, -0.05) is 56.3 Å². The van der Waals surface area contributed by atoms with Gasteiger partial charge in [0.1, 0.15) is 0 Å². The summed E-state index contributed by atoms with van der Waals surface area (Å²) in [5.41, 5.74) is 2.09. The van der Waals surface area contributed by atoms with Crippen LogP contribution in [0.15, 0.2) is 64.5 Å². The van der Waals surface area contributed by atoms with Crippen LogP contribution >= 0.6 is 24.0 Å². The number of benzene rings is 2. The Bertz CT molecular complexity index is 934. The molecule has 0 fully saturated rings. The molecule has 2 aromatic carbocycles. The molecule has 3 N–H and O–H groups in total. The highest BCUT2D eigenvalue weighted by Gasteiger charge is 2.18. The molecule has 0 spiro atoms. The average Bonchev–Trinajstić information content (AvgIpc) is 2.80. The smallest absolute Gasteiger partial charge is 0.240 e. The molecule has 0 aromatic heterocycles. The van der Waals surface area contributed by atoms with E-state index in [0.717, 1.165) is 25.2 Å². The van der Waals surface area contributed by atoms with Gasteiger partial charge >= 0.3 is 0 Å². The zero-order valence-corrected chi connectivity index (χ0v) is 22.5. The second-order valence-electron chi connectivity index (χ2n) is 7.08. The van der Waals surface area contributed by atoms with E-state index in [9.17, 15) is 8.42 Å². The Morgan fingerprint density at radius 2 is 1.69 bits per heavy atom. The van der Waals surface area contributed by atoms with Crippen LogP contribution in [0, 0.1) is 0 Å². The van der Waals surface area contributed by atoms with Crippen molar-refractivity contribution in [3.8, 4) is 0 Å². The number of aliphatic imine (C=N–C) groups is 1. The Morgan fingerprint density at radius 1 is 1.00 bits per heavy atom. The van der Waals surface area contributed by atoms with Crippen molar-refractivity contribution in [3.63, 3.8) is 0 Å². The number of nitrogens with one attached hydrogen (secondary N) is 3. The lowest BCUT2D eigenvalue weighted by Crippen LogP contribution is -2.43. The van der Waals surface area contributed by atoms with Crippen LogP contribution in [0.1, 0.15) is 37.9 Å². The van der Waals surface area contributed by atoms with Gasteiger partial charge in [0.15, 0.2) is 5.96 Å². The van der Waals surface area contributed by atoms with Gasteiger partial charge in [-0.2, -0.15) is 0 Å². The molecule has 0 heterocycles. The topological polar surface area (TPSA) is 85.8 Å². The molecule has 2 aromatic rings. The molecule has 2 rings (SSSR count). The molecule has 0 aliphatic heterocycles. The van der Waals surface area contributed by atoms with Crippen LogP contribution in [0.5, 0.6) is 0 Å². The summed E-state index contributed by atoms with van der Waals surface area (Å²) in [6.45, 7) is 10.1. The first kappa shape index (κ1) is 28.3. The summed E-state index contributed by atoms with van der Waals surface area (Å²) >= 11 is 0. The van der Waals surface area contributed by atoms with Crippen molar-refractivity contribution in [2.45, 2.75) is 38.3 Å². The van der Waals surface area contributed by atoms with Crippen molar-refractivity contribution in [1.29, 1.82) is 0 Å². The van der Waals surface area contributed by atoms with Crippen LogP contribution in [0.25, 0.3) is 0 Å². The standard InChI is InChI=1S/C23H35N5O2S.HI/c1-5-25-23(26-17-19-12-11-15-21(16-19)31(29,30)24-4)27-18-22(28(6-2)7-3)20-13-9-8-10-14-20;/h8-16,22,24H,5-7,17-18H2,1-4H3,(H2,25,26,27);1H. The van der Waals surface area contributed by atoms with Gasteiger partial charge in [-0.05, 0) is 50.3 Å². The molecule has 0 saturated heterocycles. The molecule has 32 heavy (non-hydrogen) atoms. The minimum Gasteiger partial charge on any atom is -0.357 e. The monoisotopic (exact) mass is 573 g/mol. The highest BCUT2D eigenvalue weighted by molar-refractivity contribution is 14.0. The predicted octanol–water partition coefficient (Wildman–Crippen LogP) is 3.35. The van der Waals surface area contributed by atoms with Gasteiger partial charge in [0.05, 0.1) is 17.5 Å². The van der Waals surface area contributed by atoms with Gasteiger partial charge in [0, 0.05) is 13.1 Å². The minimum absolute atomic E-state index is 0. The van der Waals surface area contributed by atoms with E-state index >= 15 is 0 Å². The van der Waals surface area contributed by atoms with Gasteiger partial charge in [-0.3, -0.25) is 4.90 Å². The number of rotatable bonds is 11. The normalized spacial score (nSPS) is 12.8. The summed E-state index contributed by atoms with van der Waals surface area (Å²) in [5.74, 6) is 0.706. The van der Waals surface area contributed by atoms with Crippen molar-refractivity contribution >= 4 is 40.0 Å². The molecule has 0 aliphatic carbocycles. The first-order chi connectivity index (χ1) is 14.9. The maximum absolute atomic E-state index is 12.1. The van der Waals surface area contributed by atoms with Crippen molar-refractivity contribution < 1.29 is 8.42 Å². The van der Waals surface area contributed by atoms with E-state index in [1.165, 1.54) is 12.6 Å². The largest absolute Gasteiger partial charge is 0.357 e. The van der Waals surface area contributed by atoms with Crippen LogP contribution in [-0.2, 0) is 16.6 Å². The lowest BCUT2D eigenvalue weighted by molar-refractivity contribution is 0.219. The van der Waals surface area contributed by atoms with Gasteiger partial charge in [0.25, 0.3) is 0 Å². The molecule has 0 radical (unpaired) electrons. The lowest BCUT2D eigenvalue weighted by atomic mass is 10.1. The van der Waals surface area contributed by atoms with Gasteiger partial charge < -0.3 is 10.6 Å². The highest BCUT2D eigenvalue weighted by Crippen LogP contribution is 2.19. The Hall–Kier alpha value is -1.69. The molecule has 9 heteroatoms. The zero-order chi connectivity index (χ0) is 22.7. The maximum Gasteiger partial charge on any atom is 0.240 e. The number of sulfonamides is 1. The predicted molar refractivity (Wildman–Crippen MR) is 143 cm³/mol. The van der Waals surface area contributed by atoms with Crippen LogP contribution in [0.2, 0.25) is 0 Å². The number of likely N-dealkylation sites (N-methyl/N-ethyl adjacent to an activating group) is 1. The molecule has 1 atom stereocenters. The number of halogens is 1. The summed E-state index contributed by atoms with van der Waals surface area (Å²) in [5, 5.41) is 6.74. The van der Waals surface area contributed by atoms with Crippen LogP contribution in [0.3, 0.4) is 0 Å². The minimum atomic E-state index is -3.47. The first-order valence-corrected chi connectivity index (χ1v) is 12.3. The van der Waals surface area contributed by atoms with Crippen molar-refractivity contribution in [2.75, 3.05) is 33.2 Å². The summed E-state index contributed by atoms with van der Waals surface area (Å²) in [7, 11) is -2.06. The Kier molecular flexibility index (Phi) is 12.8. The molecule has 0 amide bonds. The zero-order valence-electron chi connectivity index (χ0n) is 19.3.